The van der Waals surface area contributed by atoms with E-state index in [1.165, 1.54) is 34.7 Å². The number of aromatic nitrogens is 2. The van der Waals surface area contributed by atoms with Crippen LogP contribution in [0.1, 0.15) is 25.8 Å². The van der Waals surface area contributed by atoms with Crippen molar-refractivity contribution < 1.29 is 13.9 Å². The Balaban J connectivity index is 1.84. The van der Waals surface area contributed by atoms with Crippen molar-refractivity contribution in [1.29, 1.82) is 0 Å². The molecule has 0 saturated carbocycles. The van der Waals surface area contributed by atoms with Gasteiger partial charge < -0.3 is 4.74 Å². The summed E-state index contributed by atoms with van der Waals surface area (Å²) in [6, 6.07) is 10.5. The summed E-state index contributed by atoms with van der Waals surface area (Å²) in [4.78, 5) is 32.5. The van der Waals surface area contributed by atoms with Crippen LogP contribution in [0, 0.1) is 5.82 Å². The van der Waals surface area contributed by atoms with E-state index in [2.05, 4.69) is 4.98 Å². The number of hydrogen-bond acceptors (Lipinski definition) is 6. The summed E-state index contributed by atoms with van der Waals surface area (Å²) in [6.07, 6.45) is 3.81. The summed E-state index contributed by atoms with van der Waals surface area (Å²) in [5, 5.41) is 0. The zero-order valence-electron chi connectivity index (χ0n) is 16.7. The molecule has 0 N–H and O–H groups in total. The maximum atomic E-state index is 13.3. The minimum atomic E-state index is -0.409. The Morgan fingerprint density at radius 2 is 1.97 bits per heavy atom. The molecular weight excluding hydrogens is 437 g/mol. The summed E-state index contributed by atoms with van der Waals surface area (Å²) in [5.41, 5.74) is 0.100. The molecule has 1 saturated heterocycles. The van der Waals surface area contributed by atoms with Crippen molar-refractivity contribution in [1.82, 2.24) is 14.3 Å². The van der Waals surface area contributed by atoms with E-state index in [0.29, 0.717) is 20.6 Å². The summed E-state index contributed by atoms with van der Waals surface area (Å²) < 4.78 is 20.9. The lowest BCUT2D eigenvalue weighted by atomic mass is 10.2. The van der Waals surface area contributed by atoms with Gasteiger partial charge in [0.2, 0.25) is 5.88 Å². The van der Waals surface area contributed by atoms with E-state index >= 15 is 0 Å². The fourth-order valence-electron chi connectivity index (χ4n) is 3.07. The number of hydrogen-bond donors (Lipinski definition) is 0. The molecule has 1 unspecified atom stereocenters. The first-order valence-corrected chi connectivity index (χ1v) is 10.8. The van der Waals surface area contributed by atoms with Crippen LogP contribution in [-0.4, -0.2) is 30.6 Å². The largest absolute Gasteiger partial charge is 0.438 e. The Bertz CT molecular complexity index is 1270. The van der Waals surface area contributed by atoms with Gasteiger partial charge in [0.05, 0.1) is 4.91 Å². The molecule has 1 aliphatic heterocycles. The Hall–Kier alpha value is -3.04. The molecule has 2 aromatic heterocycles. The monoisotopic (exact) mass is 455 g/mol. The summed E-state index contributed by atoms with van der Waals surface area (Å²) >= 11 is 6.51. The molecule has 1 aromatic carbocycles. The van der Waals surface area contributed by atoms with Crippen LogP contribution in [0.2, 0.25) is 0 Å². The van der Waals surface area contributed by atoms with Crippen LogP contribution in [0.15, 0.2) is 58.4 Å². The van der Waals surface area contributed by atoms with Gasteiger partial charge in [0.1, 0.15) is 27.1 Å². The second-order valence-corrected chi connectivity index (χ2v) is 8.61. The van der Waals surface area contributed by atoms with Crippen LogP contribution >= 0.6 is 24.0 Å². The van der Waals surface area contributed by atoms with Crippen molar-refractivity contribution in [3.05, 3.63) is 75.3 Å². The van der Waals surface area contributed by atoms with Crippen molar-refractivity contribution in [2.75, 3.05) is 0 Å². The van der Waals surface area contributed by atoms with Crippen molar-refractivity contribution in [2.24, 2.45) is 0 Å². The summed E-state index contributed by atoms with van der Waals surface area (Å²) in [5.74, 6) is -0.325. The standard InChI is InChI=1S/C22H18FN3O3S2/c1-3-13(2)26-21(28)17(31-22(26)30)12-16-19(29-15-9-7-14(23)8-10-15)24-18-6-4-5-11-25(18)20(16)27/h4-13H,3H2,1-2H3. The van der Waals surface area contributed by atoms with E-state index in [0.717, 1.165) is 18.2 Å². The number of nitrogens with zero attached hydrogens (tertiary/aromatic N) is 3. The molecule has 3 heterocycles. The van der Waals surface area contributed by atoms with Gasteiger partial charge in [0.25, 0.3) is 11.5 Å². The molecule has 3 aromatic rings. The van der Waals surface area contributed by atoms with Gasteiger partial charge in [-0.05, 0) is 55.8 Å². The maximum Gasteiger partial charge on any atom is 0.269 e. The Morgan fingerprint density at radius 1 is 1.23 bits per heavy atom. The molecular formula is C22H18FN3O3S2. The van der Waals surface area contributed by atoms with Gasteiger partial charge >= 0.3 is 0 Å². The van der Waals surface area contributed by atoms with Crippen LogP contribution in [-0.2, 0) is 4.79 Å². The highest BCUT2D eigenvalue weighted by Gasteiger charge is 2.35. The third-order valence-electron chi connectivity index (χ3n) is 4.89. The molecule has 1 fully saturated rings. The molecule has 0 aliphatic carbocycles. The van der Waals surface area contributed by atoms with Crippen molar-refractivity contribution in [2.45, 2.75) is 26.3 Å². The number of thioether (sulfide) groups is 1. The number of halogens is 1. The van der Waals surface area contributed by atoms with E-state index in [4.69, 9.17) is 17.0 Å². The van der Waals surface area contributed by atoms with Gasteiger partial charge in [0, 0.05) is 12.2 Å². The first kappa shape index (κ1) is 21.2. The van der Waals surface area contributed by atoms with E-state index in [-0.39, 0.29) is 23.4 Å². The molecule has 0 spiro atoms. The van der Waals surface area contributed by atoms with Crippen molar-refractivity contribution in [3.63, 3.8) is 0 Å². The first-order chi connectivity index (χ1) is 14.9. The number of amides is 1. The number of pyridine rings is 1. The third kappa shape index (κ3) is 4.11. The van der Waals surface area contributed by atoms with E-state index in [9.17, 15) is 14.0 Å². The molecule has 1 amide bonds. The summed E-state index contributed by atoms with van der Waals surface area (Å²) in [6.45, 7) is 3.89. The molecule has 0 bridgehead atoms. The van der Waals surface area contributed by atoms with Gasteiger partial charge in [-0.2, -0.15) is 4.98 Å². The number of ether oxygens (including phenoxy) is 1. The average molecular weight is 456 g/mol. The third-order valence-corrected chi connectivity index (χ3v) is 6.22. The van der Waals surface area contributed by atoms with Crippen molar-refractivity contribution in [3.8, 4) is 11.6 Å². The lowest BCUT2D eigenvalue weighted by molar-refractivity contribution is -0.123. The predicted octanol–water partition coefficient (Wildman–Crippen LogP) is 4.63. The van der Waals surface area contributed by atoms with Crippen LogP contribution in [0.25, 0.3) is 11.7 Å². The molecule has 1 aliphatic rings. The number of carbonyl (C=O) groups is 1. The lowest BCUT2D eigenvalue weighted by Gasteiger charge is -2.21. The quantitative estimate of drug-likeness (QED) is 0.413. The van der Waals surface area contributed by atoms with Crippen LogP contribution in [0.5, 0.6) is 11.6 Å². The van der Waals surface area contributed by atoms with Gasteiger partial charge in [0.15, 0.2) is 0 Å². The maximum absolute atomic E-state index is 13.3. The Labute approximate surface area is 187 Å². The van der Waals surface area contributed by atoms with E-state index < -0.39 is 11.4 Å². The molecule has 158 valence electrons. The highest BCUT2D eigenvalue weighted by molar-refractivity contribution is 8.26. The van der Waals surface area contributed by atoms with E-state index in [1.54, 1.807) is 29.3 Å². The molecule has 9 heteroatoms. The van der Waals surface area contributed by atoms with Crippen LogP contribution in [0.3, 0.4) is 0 Å². The predicted molar refractivity (Wildman–Crippen MR) is 123 cm³/mol. The number of carbonyl (C=O) groups excluding carboxylic acids is 1. The van der Waals surface area contributed by atoms with Crippen molar-refractivity contribution >= 4 is 45.9 Å². The molecule has 4 rings (SSSR count). The number of benzene rings is 1. The fourth-order valence-corrected chi connectivity index (χ4v) is 4.52. The lowest BCUT2D eigenvalue weighted by Crippen LogP contribution is -2.36. The fraction of sp³-hybridized carbons (Fsp3) is 0.182. The zero-order chi connectivity index (χ0) is 22.1. The average Bonchev–Trinajstić information content (AvgIpc) is 3.05. The van der Waals surface area contributed by atoms with Crippen LogP contribution in [0.4, 0.5) is 4.39 Å². The Kier molecular flexibility index (Phi) is 5.88. The highest BCUT2D eigenvalue weighted by Crippen LogP contribution is 2.35. The highest BCUT2D eigenvalue weighted by atomic mass is 32.2. The first-order valence-electron chi connectivity index (χ1n) is 9.61. The van der Waals surface area contributed by atoms with Gasteiger partial charge in [-0.3, -0.25) is 18.9 Å². The Morgan fingerprint density at radius 3 is 2.68 bits per heavy atom. The topological polar surface area (TPSA) is 63.9 Å². The summed E-state index contributed by atoms with van der Waals surface area (Å²) in [7, 11) is 0. The molecule has 31 heavy (non-hydrogen) atoms. The molecule has 1 atom stereocenters. The zero-order valence-corrected chi connectivity index (χ0v) is 18.4. The normalized spacial score (nSPS) is 16.4. The minimum absolute atomic E-state index is 0.0246. The van der Waals surface area contributed by atoms with E-state index in [1.807, 2.05) is 13.8 Å². The minimum Gasteiger partial charge on any atom is -0.438 e. The van der Waals surface area contributed by atoms with Crippen LogP contribution < -0.4 is 10.3 Å². The number of thiocarbonyl (C=S) groups is 1. The van der Waals surface area contributed by atoms with Gasteiger partial charge in [-0.1, -0.05) is 37.0 Å². The number of rotatable bonds is 5. The second-order valence-electron chi connectivity index (χ2n) is 6.93. The SMILES string of the molecule is CCC(C)N1C(=O)C(=Cc2c(Oc3ccc(F)cc3)nc3ccccn3c2=O)SC1=S. The van der Waals surface area contributed by atoms with Gasteiger partial charge in [-0.25, -0.2) is 4.39 Å². The number of fused-ring (bicyclic) bond motifs is 1. The smallest absolute Gasteiger partial charge is 0.269 e. The molecule has 6 nitrogen and oxygen atoms in total. The molecule has 0 radical (unpaired) electrons. The second kappa shape index (κ2) is 8.60. The van der Waals surface area contributed by atoms with Gasteiger partial charge in [-0.15, -0.1) is 0 Å².